The lowest BCUT2D eigenvalue weighted by Gasteiger charge is -2.17. The van der Waals surface area contributed by atoms with Crippen molar-refractivity contribution in [2.45, 2.75) is 37.8 Å². The molecule has 1 fully saturated rings. The molecule has 0 amide bonds. The van der Waals surface area contributed by atoms with Gasteiger partial charge >= 0.3 is 5.97 Å². The highest BCUT2D eigenvalue weighted by Crippen LogP contribution is 2.38. The number of carboxylic acids is 1. The molecule has 2 N–H and O–H groups in total. The summed E-state index contributed by atoms with van der Waals surface area (Å²) in [5.41, 5.74) is -0.761. The summed E-state index contributed by atoms with van der Waals surface area (Å²) >= 11 is 0. The molecule has 15 heavy (non-hydrogen) atoms. The van der Waals surface area contributed by atoms with Crippen LogP contribution in [0, 0.1) is 0 Å². The van der Waals surface area contributed by atoms with Crippen molar-refractivity contribution in [1.82, 2.24) is 9.78 Å². The summed E-state index contributed by atoms with van der Waals surface area (Å²) in [6, 6.07) is 1.88. The van der Waals surface area contributed by atoms with Crippen LogP contribution in [0.2, 0.25) is 0 Å². The van der Waals surface area contributed by atoms with Gasteiger partial charge in [0.05, 0.1) is 12.2 Å². The average molecular weight is 210 g/mol. The highest BCUT2D eigenvalue weighted by Gasteiger charge is 2.32. The molecule has 1 unspecified atom stereocenters. The summed E-state index contributed by atoms with van der Waals surface area (Å²) in [6.45, 7) is 1.25. The average Bonchev–Trinajstić information content (AvgIpc) is 2.88. The molecule has 0 aromatic carbocycles. The van der Waals surface area contributed by atoms with Gasteiger partial charge in [-0.2, -0.15) is 5.10 Å². The molecule has 1 aromatic rings. The lowest BCUT2D eigenvalue weighted by Crippen LogP contribution is -2.39. The maximum absolute atomic E-state index is 10.7. The number of aromatic nitrogens is 2. The van der Waals surface area contributed by atoms with E-state index in [1.807, 2.05) is 6.07 Å². The Balaban J connectivity index is 2.06. The van der Waals surface area contributed by atoms with Crippen LogP contribution in [-0.4, -0.2) is 31.6 Å². The molecule has 0 radical (unpaired) electrons. The van der Waals surface area contributed by atoms with E-state index >= 15 is 0 Å². The maximum Gasteiger partial charge on any atom is 0.337 e. The van der Waals surface area contributed by atoms with Crippen LogP contribution in [0.3, 0.4) is 0 Å². The molecular formula is C10H14N2O3. The first-order valence-electron chi connectivity index (χ1n) is 4.98. The second-order valence-electron chi connectivity index (χ2n) is 4.29. The van der Waals surface area contributed by atoms with E-state index < -0.39 is 11.6 Å². The summed E-state index contributed by atoms with van der Waals surface area (Å²) in [5, 5.41) is 22.5. The first kappa shape index (κ1) is 10.2. The molecule has 0 saturated heterocycles. The normalized spacial score (nSPS) is 19.9. The first-order valence-corrected chi connectivity index (χ1v) is 4.98. The summed E-state index contributed by atoms with van der Waals surface area (Å²) in [6.07, 6.45) is 4.03. The highest BCUT2D eigenvalue weighted by molar-refractivity contribution is 5.76. The molecule has 0 bridgehead atoms. The number of nitrogens with zero attached hydrogens (tertiary/aromatic N) is 2. The Morgan fingerprint density at radius 2 is 2.40 bits per heavy atom. The van der Waals surface area contributed by atoms with Gasteiger partial charge in [-0.15, -0.1) is 0 Å². The molecule has 1 aromatic heterocycles. The van der Waals surface area contributed by atoms with Gasteiger partial charge in [-0.05, 0) is 25.8 Å². The van der Waals surface area contributed by atoms with Crippen molar-refractivity contribution in [3.63, 3.8) is 0 Å². The van der Waals surface area contributed by atoms with E-state index in [0.717, 1.165) is 18.5 Å². The maximum atomic E-state index is 10.7. The van der Waals surface area contributed by atoms with Crippen LogP contribution in [-0.2, 0) is 11.3 Å². The van der Waals surface area contributed by atoms with Gasteiger partial charge in [0.2, 0.25) is 0 Å². The second kappa shape index (κ2) is 3.34. The van der Waals surface area contributed by atoms with Crippen LogP contribution in [0.1, 0.15) is 31.4 Å². The fourth-order valence-electron chi connectivity index (χ4n) is 1.45. The molecule has 1 atom stereocenters. The second-order valence-corrected chi connectivity index (χ2v) is 4.29. The summed E-state index contributed by atoms with van der Waals surface area (Å²) in [7, 11) is 0. The van der Waals surface area contributed by atoms with Crippen LogP contribution < -0.4 is 0 Å². The van der Waals surface area contributed by atoms with E-state index in [2.05, 4.69) is 5.10 Å². The Morgan fingerprint density at radius 3 is 2.93 bits per heavy atom. The van der Waals surface area contributed by atoms with Crippen molar-refractivity contribution in [2.75, 3.05) is 0 Å². The number of hydrogen-bond acceptors (Lipinski definition) is 3. The number of hydrogen-bond donors (Lipinski definition) is 2. The molecule has 1 aliphatic rings. The minimum Gasteiger partial charge on any atom is -0.479 e. The van der Waals surface area contributed by atoms with Crippen LogP contribution in [0.25, 0.3) is 0 Å². The predicted octanol–water partition coefficient (Wildman–Crippen LogP) is 0.596. The monoisotopic (exact) mass is 210 g/mol. The van der Waals surface area contributed by atoms with Gasteiger partial charge in [0, 0.05) is 12.1 Å². The number of aliphatic hydroxyl groups is 1. The summed E-state index contributed by atoms with van der Waals surface area (Å²) in [5.74, 6) is -0.688. The Morgan fingerprint density at radius 1 is 1.73 bits per heavy atom. The topological polar surface area (TPSA) is 75.3 Å². The van der Waals surface area contributed by atoms with Crippen molar-refractivity contribution >= 4 is 5.97 Å². The summed E-state index contributed by atoms with van der Waals surface area (Å²) in [4.78, 5) is 10.7. The third-order valence-corrected chi connectivity index (χ3v) is 2.59. The van der Waals surface area contributed by atoms with Crippen molar-refractivity contribution in [2.24, 2.45) is 0 Å². The van der Waals surface area contributed by atoms with Gasteiger partial charge in [0.25, 0.3) is 0 Å². The molecule has 0 aliphatic heterocycles. The predicted molar refractivity (Wildman–Crippen MR) is 52.5 cm³/mol. The lowest BCUT2D eigenvalue weighted by molar-refractivity contribution is -0.158. The van der Waals surface area contributed by atoms with Gasteiger partial charge < -0.3 is 10.2 Å². The zero-order valence-corrected chi connectivity index (χ0v) is 8.55. The van der Waals surface area contributed by atoms with Crippen molar-refractivity contribution in [3.05, 3.63) is 18.0 Å². The van der Waals surface area contributed by atoms with Crippen molar-refractivity contribution in [1.29, 1.82) is 0 Å². The Kier molecular flexibility index (Phi) is 2.26. The number of rotatable bonds is 4. The quantitative estimate of drug-likeness (QED) is 0.762. The molecule has 2 rings (SSSR count). The molecular weight excluding hydrogens is 196 g/mol. The minimum atomic E-state index is -1.76. The van der Waals surface area contributed by atoms with Gasteiger partial charge in [0.1, 0.15) is 0 Å². The van der Waals surface area contributed by atoms with Crippen LogP contribution >= 0.6 is 0 Å². The van der Waals surface area contributed by atoms with Crippen LogP contribution in [0.5, 0.6) is 0 Å². The van der Waals surface area contributed by atoms with Crippen LogP contribution in [0.15, 0.2) is 12.3 Å². The highest BCUT2D eigenvalue weighted by atomic mass is 16.4. The van der Waals surface area contributed by atoms with E-state index in [-0.39, 0.29) is 6.54 Å². The Hall–Kier alpha value is -1.36. The van der Waals surface area contributed by atoms with E-state index in [1.165, 1.54) is 11.6 Å². The fraction of sp³-hybridized carbons (Fsp3) is 0.600. The van der Waals surface area contributed by atoms with Gasteiger partial charge in [-0.1, -0.05) is 0 Å². The third kappa shape index (κ3) is 2.18. The van der Waals surface area contributed by atoms with E-state index in [9.17, 15) is 9.90 Å². The minimum absolute atomic E-state index is 0.0188. The molecule has 1 saturated carbocycles. The molecule has 82 valence electrons. The van der Waals surface area contributed by atoms with Crippen molar-refractivity contribution < 1.29 is 15.0 Å². The molecule has 5 nitrogen and oxygen atoms in total. The zero-order chi connectivity index (χ0) is 11.1. The van der Waals surface area contributed by atoms with E-state index in [1.54, 1.807) is 6.20 Å². The zero-order valence-electron chi connectivity index (χ0n) is 8.55. The van der Waals surface area contributed by atoms with E-state index in [0.29, 0.717) is 5.92 Å². The first-order chi connectivity index (χ1) is 6.99. The van der Waals surface area contributed by atoms with Gasteiger partial charge in [-0.3, -0.25) is 4.68 Å². The van der Waals surface area contributed by atoms with Crippen LogP contribution in [0.4, 0.5) is 0 Å². The lowest BCUT2D eigenvalue weighted by atomic mass is 10.1. The molecule has 1 aliphatic carbocycles. The Labute approximate surface area is 87.3 Å². The standard InChI is InChI=1S/C10H14N2O3/c1-10(15,9(13)14)6-12-5-4-8(11-12)7-2-3-7/h4-5,7,15H,2-3,6H2,1H3,(H,13,14). The molecule has 0 spiro atoms. The van der Waals surface area contributed by atoms with E-state index in [4.69, 9.17) is 5.11 Å². The Bertz CT molecular complexity index is 380. The van der Waals surface area contributed by atoms with Gasteiger partial charge in [0.15, 0.2) is 5.60 Å². The van der Waals surface area contributed by atoms with Gasteiger partial charge in [-0.25, -0.2) is 4.79 Å². The smallest absolute Gasteiger partial charge is 0.337 e. The number of aliphatic carboxylic acids is 1. The summed E-state index contributed by atoms with van der Waals surface area (Å²) < 4.78 is 1.49. The fourth-order valence-corrected chi connectivity index (χ4v) is 1.45. The van der Waals surface area contributed by atoms with Crippen molar-refractivity contribution in [3.8, 4) is 0 Å². The third-order valence-electron chi connectivity index (χ3n) is 2.59. The SMILES string of the molecule is CC(O)(Cn1ccc(C2CC2)n1)C(=O)O. The number of carboxylic acid groups (broad SMARTS) is 1. The molecule has 5 heteroatoms. The molecule has 1 heterocycles. The number of carbonyl (C=O) groups is 1. The largest absolute Gasteiger partial charge is 0.479 e.